The highest BCUT2D eigenvalue weighted by Crippen LogP contribution is 2.14. The molecule has 1 rings (SSSR count). The van der Waals surface area contributed by atoms with Gasteiger partial charge in [0.05, 0.1) is 13.1 Å². The van der Waals surface area contributed by atoms with Crippen molar-refractivity contribution in [3.63, 3.8) is 0 Å². The van der Waals surface area contributed by atoms with Gasteiger partial charge in [-0.1, -0.05) is 143 Å². The molecule has 0 aliphatic heterocycles. The molecular formula is C33H65N2+. The first-order valence-electron chi connectivity index (χ1n) is 16.4. The number of imidazole rings is 1. The minimum Gasteiger partial charge on any atom is -0.234 e. The number of nitrogens with zero attached hydrogens (tertiary/aromatic N) is 2. The van der Waals surface area contributed by atoms with Crippen molar-refractivity contribution in [3.8, 4) is 0 Å². The van der Waals surface area contributed by atoms with Crippen molar-refractivity contribution in [1.82, 2.24) is 4.57 Å². The Kier molecular flexibility index (Phi) is 22.9. The molecule has 2 heteroatoms. The van der Waals surface area contributed by atoms with E-state index in [0.717, 1.165) is 0 Å². The van der Waals surface area contributed by atoms with Gasteiger partial charge in [0.2, 0.25) is 0 Å². The zero-order valence-electron chi connectivity index (χ0n) is 24.6. The molecule has 0 saturated carbocycles. The van der Waals surface area contributed by atoms with Gasteiger partial charge in [0.15, 0.2) is 0 Å². The third-order valence-corrected chi connectivity index (χ3v) is 7.85. The summed E-state index contributed by atoms with van der Waals surface area (Å²) in [5.74, 6) is 1.60. The summed E-state index contributed by atoms with van der Waals surface area (Å²) in [6, 6.07) is 0. The first kappa shape index (κ1) is 32.2. The highest BCUT2D eigenvalue weighted by Gasteiger charge is 2.16. The average molecular weight is 490 g/mol. The Hall–Kier alpha value is -0.790. The van der Waals surface area contributed by atoms with Crippen molar-refractivity contribution in [1.29, 1.82) is 0 Å². The lowest BCUT2D eigenvalue weighted by Gasteiger charge is -2.07. The molecule has 0 aromatic carbocycles. The summed E-state index contributed by atoms with van der Waals surface area (Å²) < 4.78 is 5.18. The van der Waals surface area contributed by atoms with Gasteiger partial charge in [0.1, 0.15) is 12.4 Å². The second-order valence-electron chi connectivity index (χ2n) is 11.3. The van der Waals surface area contributed by atoms with E-state index in [1.807, 2.05) is 0 Å². The first-order chi connectivity index (χ1) is 17.3. The molecular weight excluding hydrogens is 424 g/mol. The molecule has 0 bridgehead atoms. The molecule has 0 aliphatic rings. The van der Waals surface area contributed by atoms with Crippen LogP contribution in [-0.4, -0.2) is 4.57 Å². The lowest BCUT2D eigenvalue weighted by Crippen LogP contribution is -2.37. The first-order valence-corrected chi connectivity index (χ1v) is 16.4. The van der Waals surface area contributed by atoms with Gasteiger partial charge < -0.3 is 0 Å². The Morgan fingerprint density at radius 2 is 0.886 bits per heavy atom. The van der Waals surface area contributed by atoms with E-state index in [9.17, 15) is 0 Å². The summed E-state index contributed by atoms with van der Waals surface area (Å²) in [5, 5.41) is 0. The van der Waals surface area contributed by atoms with Crippen LogP contribution in [0.15, 0.2) is 12.4 Å². The molecule has 0 amide bonds. The Bertz CT molecular complexity index is 547. The van der Waals surface area contributed by atoms with Crippen LogP contribution >= 0.6 is 0 Å². The Morgan fingerprint density at radius 3 is 1.37 bits per heavy atom. The Labute approximate surface area is 221 Å². The highest BCUT2D eigenvalue weighted by molar-refractivity contribution is 4.84. The predicted molar refractivity (Wildman–Crippen MR) is 156 cm³/mol. The largest absolute Gasteiger partial charge is 0.256 e. The van der Waals surface area contributed by atoms with E-state index in [-0.39, 0.29) is 0 Å². The second-order valence-corrected chi connectivity index (χ2v) is 11.3. The maximum atomic E-state index is 2.60. The molecule has 0 spiro atoms. The number of hydrogen-bond acceptors (Lipinski definition) is 0. The number of aromatic nitrogens is 2. The van der Waals surface area contributed by atoms with E-state index in [4.69, 9.17) is 0 Å². The van der Waals surface area contributed by atoms with E-state index in [2.05, 4.69) is 42.3 Å². The van der Waals surface area contributed by atoms with Crippen molar-refractivity contribution < 1.29 is 4.57 Å². The summed E-state index contributed by atoms with van der Waals surface area (Å²) in [7, 11) is 0. The molecule has 0 unspecified atom stereocenters. The van der Waals surface area contributed by atoms with Gasteiger partial charge in [0, 0.05) is 6.42 Å². The molecule has 0 fully saturated rings. The summed E-state index contributed by atoms with van der Waals surface area (Å²) in [5.41, 5.74) is 0. The summed E-state index contributed by atoms with van der Waals surface area (Å²) in [4.78, 5) is 0. The highest BCUT2D eigenvalue weighted by atomic mass is 15.1. The quantitative estimate of drug-likeness (QED) is 0.0858. The van der Waals surface area contributed by atoms with Crippen molar-refractivity contribution in [3.05, 3.63) is 18.2 Å². The SMILES string of the molecule is CCCCCCCCCCCCCCCCCn1cc[n+](CCCCCC)c1CCCCCCC. The van der Waals surface area contributed by atoms with Crippen LogP contribution in [0.4, 0.5) is 0 Å². The van der Waals surface area contributed by atoms with Crippen LogP contribution in [0.3, 0.4) is 0 Å². The van der Waals surface area contributed by atoms with Crippen molar-refractivity contribution in [2.75, 3.05) is 0 Å². The molecule has 0 aliphatic carbocycles. The van der Waals surface area contributed by atoms with Crippen molar-refractivity contribution in [2.45, 2.75) is 194 Å². The molecule has 1 aromatic rings. The average Bonchev–Trinajstić information content (AvgIpc) is 3.25. The third kappa shape index (κ3) is 18.2. The lowest BCUT2D eigenvalue weighted by atomic mass is 10.0. The summed E-state index contributed by atoms with van der Waals surface area (Å²) >= 11 is 0. The van der Waals surface area contributed by atoms with Crippen molar-refractivity contribution in [2.24, 2.45) is 0 Å². The molecule has 0 atom stereocenters. The zero-order valence-corrected chi connectivity index (χ0v) is 24.6. The van der Waals surface area contributed by atoms with Crippen LogP contribution in [0, 0.1) is 0 Å². The van der Waals surface area contributed by atoms with Crippen LogP contribution in [0.2, 0.25) is 0 Å². The van der Waals surface area contributed by atoms with Gasteiger partial charge in [-0.3, -0.25) is 0 Å². The molecule has 1 aromatic heterocycles. The molecule has 0 radical (unpaired) electrons. The van der Waals surface area contributed by atoms with Crippen LogP contribution in [0.5, 0.6) is 0 Å². The maximum absolute atomic E-state index is 2.60. The van der Waals surface area contributed by atoms with Gasteiger partial charge in [-0.2, -0.15) is 0 Å². The molecule has 35 heavy (non-hydrogen) atoms. The fourth-order valence-electron chi connectivity index (χ4n) is 5.44. The number of hydrogen-bond donors (Lipinski definition) is 0. The second kappa shape index (κ2) is 24.9. The van der Waals surface area contributed by atoms with E-state index in [1.165, 1.54) is 174 Å². The minimum atomic E-state index is 1.22. The summed E-state index contributed by atoms with van der Waals surface area (Å²) in [6.07, 6.45) is 40.0. The van der Waals surface area contributed by atoms with E-state index < -0.39 is 0 Å². The summed E-state index contributed by atoms with van der Waals surface area (Å²) in [6.45, 7) is 9.37. The van der Waals surface area contributed by atoms with Crippen LogP contribution in [-0.2, 0) is 19.5 Å². The predicted octanol–water partition coefficient (Wildman–Crippen LogP) is 10.7. The standard InChI is InChI=1S/C33H65N2/c1-4-7-10-13-14-15-16-17-18-19-20-21-22-24-27-30-35-32-31-34(29-26-12-9-6-3)33(35)28-25-23-11-8-5-2/h31-32H,4-30H2,1-3H3/q+1. The van der Waals surface area contributed by atoms with Gasteiger partial charge in [-0.05, 0) is 32.1 Å². The minimum absolute atomic E-state index is 1.22. The topological polar surface area (TPSA) is 8.81 Å². The van der Waals surface area contributed by atoms with Crippen molar-refractivity contribution >= 4 is 0 Å². The van der Waals surface area contributed by atoms with E-state index in [1.54, 1.807) is 5.82 Å². The maximum Gasteiger partial charge on any atom is 0.256 e. The smallest absolute Gasteiger partial charge is 0.234 e. The molecule has 2 nitrogen and oxygen atoms in total. The number of rotatable bonds is 27. The number of unbranched alkanes of at least 4 members (excludes halogenated alkanes) is 21. The lowest BCUT2D eigenvalue weighted by molar-refractivity contribution is -0.704. The molecule has 0 N–H and O–H groups in total. The Morgan fingerprint density at radius 1 is 0.486 bits per heavy atom. The fourth-order valence-corrected chi connectivity index (χ4v) is 5.44. The van der Waals surface area contributed by atoms with Crippen LogP contribution in [0.25, 0.3) is 0 Å². The molecule has 0 saturated heterocycles. The fraction of sp³-hybridized carbons (Fsp3) is 0.909. The van der Waals surface area contributed by atoms with Gasteiger partial charge in [0.25, 0.3) is 5.82 Å². The zero-order chi connectivity index (χ0) is 25.2. The van der Waals surface area contributed by atoms with E-state index in [0.29, 0.717) is 0 Å². The molecule has 1 heterocycles. The van der Waals surface area contributed by atoms with Gasteiger partial charge in [-0.15, -0.1) is 0 Å². The van der Waals surface area contributed by atoms with Gasteiger partial charge >= 0.3 is 0 Å². The van der Waals surface area contributed by atoms with Crippen LogP contribution < -0.4 is 4.57 Å². The van der Waals surface area contributed by atoms with Crippen LogP contribution in [0.1, 0.15) is 181 Å². The molecule has 206 valence electrons. The normalized spacial score (nSPS) is 11.5. The Balaban J connectivity index is 2.15. The van der Waals surface area contributed by atoms with Gasteiger partial charge in [-0.25, -0.2) is 9.13 Å². The van der Waals surface area contributed by atoms with E-state index >= 15 is 0 Å². The number of aryl methyl sites for hydroxylation is 2. The monoisotopic (exact) mass is 490 g/mol. The third-order valence-electron chi connectivity index (χ3n) is 7.85.